The fourth-order valence-corrected chi connectivity index (χ4v) is 4.14. The summed E-state index contributed by atoms with van der Waals surface area (Å²) in [6, 6.07) is 15.9. The number of hydrogen-bond donors (Lipinski definition) is 0. The number of nitrogens with zero attached hydrogens (tertiary/aromatic N) is 5. The highest BCUT2D eigenvalue weighted by Gasteiger charge is 2.26. The second-order valence-corrected chi connectivity index (χ2v) is 8.75. The van der Waals surface area contributed by atoms with Crippen molar-refractivity contribution in [1.29, 1.82) is 0 Å². The summed E-state index contributed by atoms with van der Waals surface area (Å²) in [4.78, 5) is 21.4. The van der Waals surface area contributed by atoms with Crippen LogP contribution in [0, 0.1) is 6.92 Å². The predicted octanol–water partition coefficient (Wildman–Crippen LogP) is 5.74. The van der Waals surface area contributed by atoms with Crippen molar-refractivity contribution in [3.63, 3.8) is 0 Å². The van der Waals surface area contributed by atoms with Gasteiger partial charge in [-0.2, -0.15) is 8.78 Å². The Morgan fingerprint density at radius 3 is 2.34 bits per heavy atom. The van der Waals surface area contributed by atoms with Crippen LogP contribution in [0.4, 0.5) is 8.78 Å². The van der Waals surface area contributed by atoms with Crippen molar-refractivity contribution < 1.29 is 8.78 Å². The Kier molecular flexibility index (Phi) is 5.68. The fourth-order valence-electron chi connectivity index (χ4n) is 4.02. The lowest BCUT2D eigenvalue weighted by Gasteiger charge is -2.12. The molecule has 0 N–H and O–H groups in total. The quantitative estimate of drug-likeness (QED) is 0.314. The first-order chi connectivity index (χ1) is 16.7. The molecule has 176 valence electrons. The molecule has 0 saturated carbocycles. The number of halogens is 3. The minimum atomic E-state index is -3.04. The molecule has 1 aromatic carbocycles. The lowest BCUT2D eigenvalue weighted by atomic mass is 9.96. The number of aromatic nitrogens is 5. The number of benzene rings is 1. The first-order valence-corrected chi connectivity index (χ1v) is 11.2. The van der Waals surface area contributed by atoms with Gasteiger partial charge in [-0.15, -0.1) is 5.10 Å². The van der Waals surface area contributed by atoms with E-state index in [1.165, 1.54) is 15.1 Å². The number of aryl methyl sites for hydroxylation is 1. The molecule has 5 aromatic rings. The third-order valence-electron chi connectivity index (χ3n) is 5.84. The van der Waals surface area contributed by atoms with Gasteiger partial charge in [0.2, 0.25) is 0 Å². The van der Waals surface area contributed by atoms with Crippen LogP contribution in [0.15, 0.2) is 78.0 Å². The van der Waals surface area contributed by atoms with Crippen molar-refractivity contribution in [3.05, 3.63) is 106 Å². The summed E-state index contributed by atoms with van der Waals surface area (Å²) in [5, 5.41) is 5.27. The second kappa shape index (κ2) is 8.70. The molecule has 4 heterocycles. The number of rotatable bonds is 5. The average Bonchev–Trinajstić information content (AvgIpc) is 3.15. The highest BCUT2D eigenvalue weighted by Crippen LogP contribution is 2.35. The Labute approximate surface area is 204 Å². The first-order valence-electron chi connectivity index (χ1n) is 10.9. The molecule has 0 saturated heterocycles. The summed E-state index contributed by atoms with van der Waals surface area (Å²) in [6.45, 7) is 2.55. The van der Waals surface area contributed by atoms with E-state index in [-0.39, 0.29) is 17.9 Å². The Bertz CT molecular complexity index is 1590. The maximum absolute atomic E-state index is 13.7. The van der Waals surface area contributed by atoms with E-state index in [0.717, 1.165) is 29.2 Å². The topological polar surface area (TPSA) is 65.1 Å². The monoisotopic (exact) mass is 491 g/mol. The van der Waals surface area contributed by atoms with Crippen molar-refractivity contribution in [2.45, 2.75) is 26.3 Å². The van der Waals surface area contributed by atoms with Gasteiger partial charge in [0, 0.05) is 41.8 Å². The van der Waals surface area contributed by atoms with Gasteiger partial charge >= 0.3 is 5.69 Å². The molecule has 4 aromatic heterocycles. The molecular weight excluding hydrogens is 472 g/mol. The Morgan fingerprint density at radius 1 is 0.971 bits per heavy atom. The van der Waals surface area contributed by atoms with Gasteiger partial charge in [-0.25, -0.2) is 13.9 Å². The van der Waals surface area contributed by atoms with E-state index >= 15 is 0 Å². The molecule has 0 spiro atoms. The van der Waals surface area contributed by atoms with Crippen molar-refractivity contribution in [1.82, 2.24) is 24.1 Å². The molecule has 0 amide bonds. The molecule has 0 aliphatic rings. The van der Waals surface area contributed by atoms with Crippen LogP contribution in [0.25, 0.3) is 27.9 Å². The van der Waals surface area contributed by atoms with Crippen molar-refractivity contribution >= 4 is 17.2 Å². The number of hydrogen-bond acceptors (Lipinski definition) is 4. The fraction of sp³-hybridized carbons (Fsp3) is 0.154. The Hall–Kier alpha value is -3.91. The van der Waals surface area contributed by atoms with Gasteiger partial charge in [-0.1, -0.05) is 29.8 Å². The van der Waals surface area contributed by atoms with Gasteiger partial charge in [-0.05, 0) is 65.6 Å². The normalized spacial score (nSPS) is 11.8. The predicted molar refractivity (Wildman–Crippen MR) is 131 cm³/mol. The van der Waals surface area contributed by atoms with Crippen molar-refractivity contribution in [2.24, 2.45) is 0 Å². The smallest absolute Gasteiger partial charge is 0.265 e. The van der Waals surface area contributed by atoms with Gasteiger partial charge in [0.15, 0.2) is 5.65 Å². The average molecular weight is 492 g/mol. The van der Waals surface area contributed by atoms with Crippen molar-refractivity contribution in [3.8, 4) is 22.3 Å². The van der Waals surface area contributed by atoms with Crippen LogP contribution in [0.1, 0.15) is 23.9 Å². The largest absolute Gasteiger partial charge is 0.350 e. The number of fused-ring (bicyclic) bond motifs is 1. The van der Waals surface area contributed by atoms with E-state index in [4.69, 9.17) is 11.6 Å². The van der Waals surface area contributed by atoms with Gasteiger partial charge in [-0.3, -0.25) is 9.97 Å². The molecule has 0 unspecified atom stereocenters. The number of alkyl halides is 2. The maximum atomic E-state index is 13.7. The van der Waals surface area contributed by atoms with Gasteiger partial charge in [0.1, 0.15) is 5.69 Å². The summed E-state index contributed by atoms with van der Waals surface area (Å²) < 4.78 is 30.1. The standard InChI is InChI=1S/C26H20ClF2N5O/c1-16-19(5-8-22(31-16)26(2,28)29)15-34-25(35)33-14-11-21(17-3-6-20(27)7-4-17)23(24(33)32-34)18-9-12-30-13-10-18/h3-14H,15H2,1-2H3. The SMILES string of the molecule is Cc1nc(C(C)(F)F)ccc1Cn1nc2c(-c3ccncc3)c(-c3ccc(Cl)cc3)ccn2c1=O. The second-order valence-electron chi connectivity index (χ2n) is 8.31. The molecule has 35 heavy (non-hydrogen) atoms. The van der Waals surface area contributed by atoms with E-state index in [9.17, 15) is 13.6 Å². The van der Waals surface area contributed by atoms with Crippen LogP contribution in [0.3, 0.4) is 0 Å². The van der Waals surface area contributed by atoms with E-state index in [1.807, 2.05) is 30.3 Å². The molecule has 5 rings (SSSR count). The molecule has 0 radical (unpaired) electrons. The third kappa shape index (κ3) is 4.33. The van der Waals surface area contributed by atoms with E-state index < -0.39 is 5.92 Å². The summed E-state index contributed by atoms with van der Waals surface area (Å²) in [6.07, 6.45) is 5.04. The zero-order valence-corrected chi connectivity index (χ0v) is 19.7. The molecule has 0 atom stereocenters. The zero-order valence-electron chi connectivity index (χ0n) is 18.9. The highest BCUT2D eigenvalue weighted by atomic mass is 35.5. The van der Waals surface area contributed by atoms with E-state index in [0.29, 0.717) is 21.9 Å². The minimum Gasteiger partial charge on any atom is -0.265 e. The van der Waals surface area contributed by atoms with Gasteiger partial charge in [0.25, 0.3) is 5.92 Å². The Morgan fingerprint density at radius 2 is 1.69 bits per heavy atom. The van der Waals surface area contributed by atoms with E-state index in [2.05, 4.69) is 15.1 Å². The van der Waals surface area contributed by atoms with Gasteiger partial charge in [0.05, 0.1) is 6.54 Å². The van der Waals surface area contributed by atoms with Crippen LogP contribution in [0.2, 0.25) is 5.02 Å². The van der Waals surface area contributed by atoms with Crippen LogP contribution in [-0.2, 0) is 12.5 Å². The molecule has 0 aliphatic carbocycles. The molecule has 9 heteroatoms. The third-order valence-corrected chi connectivity index (χ3v) is 6.10. The molecular formula is C26H20ClF2N5O. The first kappa shape index (κ1) is 22.9. The summed E-state index contributed by atoms with van der Waals surface area (Å²) in [5.74, 6) is -3.04. The van der Waals surface area contributed by atoms with E-state index in [1.54, 1.807) is 43.7 Å². The zero-order chi connectivity index (χ0) is 24.7. The molecule has 0 fully saturated rings. The summed E-state index contributed by atoms with van der Waals surface area (Å²) in [7, 11) is 0. The minimum absolute atomic E-state index is 0.0982. The summed E-state index contributed by atoms with van der Waals surface area (Å²) >= 11 is 6.08. The molecule has 0 bridgehead atoms. The number of pyridine rings is 3. The van der Waals surface area contributed by atoms with Crippen molar-refractivity contribution in [2.75, 3.05) is 0 Å². The van der Waals surface area contributed by atoms with Crippen LogP contribution in [-0.4, -0.2) is 24.1 Å². The lowest BCUT2D eigenvalue weighted by molar-refractivity contribution is 0.0126. The summed E-state index contributed by atoms with van der Waals surface area (Å²) in [5.41, 5.74) is 4.28. The lowest BCUT2D eigenvalue weighted by Crippen LogP contribution is -2.22. The highest BCUT2D eigenvalue weighted by molar-refractivity contribution is 6.30. The maximum Gasteiger partial charge on any atom is 0.350 e. The molecule has 0 aliphatic heterocycles. The van der Waals surface area contributed by atoms with Crippen LogP contribution in [0.5, 0.6) is 0 Å². The molecule has 6 nitrogen and oxygen atoms in total. The Balaban J connectivity index is 1.67. The van der Waals surface area contributed by atoms with Crippen LogP contribution >= 0.6 is 11.6 Å². The van der Waals surface area contributed by atoms with Crippen LogP contribution < -0.4 is 5.69 Å². The van der Waals surface area contributed by atoms with Gasteiger partial charge < -0.3 is 0 Å².